The molecule has 2 aromatic carbocycles. The van der Waals surface area contributed by atoms with Crippen LogP contribution >= 0.6 is 0 Å². The number of hydrogen-bond donors (Lipinski definition) is 0. The number of carbonyl (C=O) groups excluding carboxylic acids is 1. The molecule has 1 heteroatoms. The third-order valence-electron chi connectivity index (χ3n) is 2.50. The molecule has 0 aliphatic heterocycles. The Morgan fingerprint density at radius 3 is 1.44 bits per heavy atom. The van der Waals surface area contributed by atoms with Gasteiger partial charge in [0, 0.05) is 0 Å². The predicted molar refractivity (Wildman–Crippen MR) is 67.2 cm³/mol. The minimum Gasteiger partial charge on any atom is -0.283 e. The third-order valence-corrected chi connectivity index (χ3v) is 2.50. The number of rotatable bonds is 4. The van der Waals surface area contributed by atoms with Gasteiger partial charge in [-0.3, -0.25) is 4.79 Å². The molecule has 0 aliphatic carbocycles. The van der Waals surface area contributed by atoms with Gasteiger partial charge in [0.15, 0.2) is 0 Å². The molecule has 0 radical (unpaired) electrons. The summed E-state index contributed by atoms with van der Waals surface area (Å²) in [5.41, 5.74) is 2.30. The summed E-state index contributed by atoms with van der Waals surface area (Å²) < 4.78 is 0. The van der Waals surface area contributed by atoms with Crippen LogP contribution in [0.25, 0.3) is 0 Å². The van der Waals surface area contributed by atoms with Crippen molar-refractivity contribution in [3.63, 3.8) is 0 Å². The zero-order chi connectivity index (χ0) is 11.2. The van der Waals surface area contributed by atoms with Crippen LogP contribution in [0.4, 0.5) is 0 Å². The molecule has 0 heterocycles. The molecule has 0 amide bonds. The van der Waals surface area contributed by atoms with E-state index < -0.39 is 0 Å². The molecule has 0 aliphatic rings. The normalized spacial score (nSPS) is 10.0. The molecule has 2 aromatic rings. The van der Waals surface area contributed by atoms with Crippen LogP contribution in [-0.4, -0.2) is 10.6 Å². The smallest absolute Gasteiger partial charge is 0.283 e. The maximum absolute atomic E-state index is 9.87. The molecule has 1 N–H and O–H groups in total. The molecule has 0 atom stereocenters. The summed E-state index contributed by atoms with van der Waals surface area (Å²) in [5, 5.41) is 0. The average Bonchev–Trinajstić information content (AvgIpc) is 2.31. The highest BCUT2D eigenvalue weighted by Crippen LogP contribution is 2.05. The second kappa shape index (κ2) is 5.26. The van der Waals surface area contributed by atoms with Crippen molar-refractivity contribution < 1.29 is 4.79 Å². The highest BCUT2D eigenvalue weighted by molar-refractivity contribution is 5.84. The molecule has 0 saturated heterocycles. The van der Waals surface area contributed by atoms with Gasteiger partial charge in [0.25, 0.3) is 0 Å². The highest BCUT2D eigenvalue weighted by Gasteiger charge is 2.10. The van der Waals surface area contributed by atoms with Crippen LogP contribution in [0.2, 0.25) is 0 Å². The molecular weight excluding hydrogens is 196 g/mol. The van der Waals surface area contributed by atoms with Crippen molar-refractivity contribution in [1.29, 1.82) is 0 Å². The van der Waals surface area contributed by atoms with Crippen molar-refractivity contribution in [3.8, 4) is 0 Å². The van der Waals surface area contributed by atoms with Crippen LogP contribution in [0, 0.1) is 0 Å². The van der Waals surface area contributed by atoms with Crippen LogP contribution in [0.5, 0.6) is 0 Å². The second-order valence-electron chi connectivity index (χ2n) is 3.89. The molecule has 0 bridgehead atoms. The van der Waals surface area contributed by atoms with Gasteiger partial charge < -0.3 is 0 Å². The molecule has 0 saturated carbocycles. The van der Waals surface area contributed by atoms with E-state index in [1.54, 1.807) is 0 Å². The predicted octanol–water partition coefficient (Wildman–Crippen LogP) is 3.02. The summed E-state index contributed by atoms with van der Waals surface area (Å²) in [7, 11) is 0. The molecule has 80 valence electrons. The Bertz CT molecular complexity index is 402. The van der Waals surface area contributed by atoms with Gasteiger partial charge in [-0.2, -0.15) is 0 Å². The lowest BCUT2D eigenvalue weighted by molar-refractivity contribution is 0.653. The molecule has 16 heavy (non-hydrogen) atoms. The quantitative estimate of drug-likeness (QED) is 0.693. The van der Waals surface area contributed by atoms with Crippen LogP contribution in [-0.2, 0) is 12.8 Å². The minimum absolute atomic E-state index is 0.511. The van der Waals surface area contributed by atoms with Gasteiger partial charge in [0.2, 0.25) is 0 Å². The highest BCUT2D eigenvalue weighted by atomic mass is 16.1. The summed E-state index contributed by atoms with van der Waals surface area (Å²) in [6.45, 7) is 0. The van der Waals surface area contributed by atoms with Crippen molar-refractivity contribution in [2.24, 2.45) is 0 Å². The topological polar surface area (TPSA) is 21.4 Å². The summed E-state index contributed by atoms with van der Waals surface area (Å²) in [6.07, 6.45) is 1.27. The van der Waals surface area contributed by atoms with Crippen LogP contribution in [0.1, 0.15) is 11.1 Å². The maximum atomic E-state index is 9.87. The van der Waals surface area contributed by atoms with Crippen LogP contribution in [0.3, 0.4) is 0 Å². The van der Waals surface area contributed by atoms with E-state index in [1.165, 1.54) is 0 Å². The number of hydrogen-bond acceptors (Lipinski definition) is 0. The SMILES string of the molecule is [OH+]=C(Cc1ccccc1)Cc1ccccc1. The van der Waals surface area contributed by atoms with Gasteiger partial charge in [0.1, 0.15) is 0 Å². The fourth-order valence-electron chi connectivity index (χ4n) is 1.73. The monoisotopic (exact) mass is 211 g/mol. The van der Waals surface area contributed by atoms with Gasteiger partial charge in [-0.05, 0) is 11.1 Å². The standard InChI is InChI=1S/C15H14O/c16-15(11-13-7-3-1-4-8-13)12-14-9-5-2-6-10-14/h1-10H,11-12H2/p+1. The first-order chi connectivity index (χ1) is 7.84. The lowest BCUT2D eigenvalue weighted by atomic mass is 10.0. The van der Waals surface area contributed by atoms with E-state index in [9.17, 15) is 4.79 Å². The Kier molecular flexibility index (Phi) is 3.50. The van der Waals surface area contributed by atoms with Crippen LogP contribution < -0.4 is 0 Å². The molecule has 0 spiro atoms. The van der Waals surface area contributed by atoms with Gasteiger partial charge >= 0.3 is 5.78 Å². The number of ketones is 1. The third kappa shape index (κ3) is 3.06. The van der Waals surface area contributed by atoms with E-state index in [-0.39, 0.29) is 0 Å². The summed E-state index contributed by atoms with van der Waals surface area (Å²) in [4.78, 5) is 9.87. The summed E-state index contributed by atoms with van der Waals surface area (Å²) in [6, 6.07) is 20.0. The molecule has 0 aromatic heterocycles. The second-order valence-corrected chi connectivity index (χ2v) is 3.89. The number of benzene rings is 2. The Morgan fingerprint density at radius 1 is 0.688 bits per heavy atom. The van der Waals surface area contributed by atoms with E-state index in [4.69, 9.17) is 0 Å². The fourth-order valence-corrected chi connectivity index (χ4v) is 1.73. The van der Waals surface area contributed by atoms with Gasteiger partial charge in [0.05, 0.1) is 12.8 Å². The zero-order valence-corrected chi connectivity index (χ0v) is 9.13. The van der Waals surface area contributed by atoms with Crippen molar-refractivity contribution in [1.82, 2.24) is 0 Å². The molecule has 0 fully saturated rings. The van der Waals surface area contributed by atoms with Crippen molar-refractivity contribution in [2.75, 3.05) is 0 Å². The van der Waals surface area contributed by atoms with Crippen LogP contribution in [0.15, 0.2) is 60.7 Å². The molecule has 1 nitrogen and oxygen atoms in total. The van der Waals surface area contributed by atoms with Crippen molar-refractivity contribution in [3.05, 3.63) is 71.8 Å². The van der Waals surface area contributed by atoms with Crippen molar-refractivity contribution in [2.45, 2.75) is 12.8 Å². The van der Waals surface area contributed by atoms with E-state index in [1.807, 2.05) is 60.7 Å². The van der Waals surface area contributed by atoms with E-state index in [2.05, 4.69) is 0 Å². The van der Waals surface area contributed by atoms with E-state index in [0.29, 0.717) is 18.6 Å². The Morgan fingerprint density at radius 2 is 1.06 bits per heavy atom. The Balaban J connectivity index is 1.95. The fraction of sp³-hybridized carbons (Fsp3) is 0.133. The lowest BCUT2D eigenvalue weighted by Gasteiger charge is -1.97. The molecule has 0 unspecified atom stereocenters. The minimum atomic E-state index is 0.511. The van der Waals surface area contributed by atoms with E-state index >= 15 is 0 Å². The first-order valence-corrected chi connectivity index (χ1v) is 5.46. The van der Waals surface area contributed by atoms with E-state index in [0.717, 1.165) is 11.1 Å². The molecule has 2 rings (SSSR count). The van der Waals surface area contributed by atoms with Gasteiger partial charge in [-0.1, -0.05) is 60.7 Å². The maximum Gasteiger partial charge on any atom is 0.301 e. The largest absolute Gasteiger partial charge is 0.301 e. The Hall–Kier alpha value is -1.89. The first-order valence-electron chi connectivity index (χ1n) is 5.46. The average molecular weight is 211 g/mol. The first kappa shape index (κ1) is 10.6. The lowest BCUT2D eigenvalue weighted by Crippen LogP contribution is -2.06. The zero-order valence-electron chi connectivity index (χ0n) is 9.13. The Labute approximate surface area is 95.7 Å². The summed E-state index contributed by atoms with van der Waals surface area (Å²) >= 11 is 0. The van der Waals surface area contributed by atoms with Crippen molar-refractivity contribution >= 4 is 5.78 Å². The summed E-state index contributed by atoms with van der Waals surface area (Å²) in [5.74, 6) is 0.511. The van der Waals surface area contributed by atoms with Gasteiger partial charge in [-0.25, -0.2) is 0 Å². The molecular formula is C15H15O+. The van der Waals surface area contributed by atoms with Gasteiger partial charge in [-0.15, -0.1) is 0 Å².